The number of benzene rings is 3. The maximum atomic E-state index is 4.94. The fourth-order valence-corrected chi connectivity index (χ4v) is 6.19. The first kappa shape index (κ1) is 31.7. The molecule has 4 aromatic heterocycles. The second-order valence-corrected chi connectivity index (χ2v) is 13.8. The average Bonchev–Trinajstić information content (AvgIpc) is 3.99. The van der Waals surface area contributed by atoms with E-state index in [0.29, 0.717) is 0 Å². The van der Waals surface area contributed by atoms with Crippen LogP contribution in [0.2, 0.25) is 0 Å². The average molecular weight is 663 g/mol. The molecule has 0 radical (unpaired) electrons. The fraction of sp³-hybridized carbons (Fsp3) is 0.0889. The van der Waals surface area contributed by atoms with E-state index in [9.17, 15) is 0 Å². The van der Waals surface area contributed by atoms with E-state index in [0.717, 1.165) is 73.0 Å². The van der Waals surface area contributed by atoms with Crippen LogP contribution >= 0.6 is 0 Å². The molecule has 2 aliphatic rings. The van der Waals surface area contributed by atoms with Crippen LogP contribution in [0.15, 0.2) is 140 Å². The molecule has 0 fully saturated rings. The highest BCUT2D eigenvalue weighted by Crippen LogP contribution is 2.30. The Morgan fingerprint density at radius 1 is 0.471 bits per heavy atom. The molecule has 6 heterocycles. The third-order valence-electron chi connectivity index (χ3n) is 8.87. The minimum Gasteiger partial charge on any atom is -0.355 e. The molecule has 0 spiro atoms. The highest BCUT2D eigenvalue weighted by molar-refractivity contribution is 5.77. The number of hydrogen-bond acceptors (Lipinski definition) is 3. The Balaban J connectivity index is 0.000000147. The minimum atomic E-state index is 0.150. The van der Waals surface area contributed by atoms with Gasteiger partial charge in [0.05, 0.1) is 39.9 Å². The number of aromatic amines is 2. The van der Waals surface area contributed by atoms with Crippen molar-refractivity contribution in [3.63, 3.8) is 0 Å². The first-order valence-electron chi connectivity index (χ1n) is 17.2. The van der Waals surface area contributed by atoms with Crippen molar-refractivity contribution in [1.82, 2.24) is 29.7 Å². The Morgan fingerprint density at radius 3 is 1.49 bits per heavy atom. The highest BCUT2D eigenvalue weighted by atomic mass is 15.3. The number of para-hydroxylation sites is 1. The van der Waals surface area contributed by atoms with Crippen LogP contribution in [0.5, 0.6) is 0 Å². The largest absolute Gasteiger partial charge is 0.355 e. The molecule has 248 valence electrons. The Kier molecular flexibility index (Phi) is 8.34. The smallest absolute Gasteiger partial charge is 0.0934 e. The van der Waals surface area contributed by atoms with Crippen molar-refractivity contribution in [2.24, 2.45) is 0 Å². The number of nitrogens with one attached hydrogen (secondary N) is 2. The summed E-state index contributed by atoms with van der Waals surface area (Å²) < 4.78 is 2.03. The van der Waals surface area contributed by atoms with Crippen molar-refractivity contribution >= 4 is 46.4 Å². The van der Waals surface area contributed by atoms with E-state index in [4.69, 9.17) is 5.10 Å². The van der Waals surface area contributed by atoms with Gasteiger partial charge < -0.3 is 9.97 Å². The Bertz CT molecular complexity index is 2400. The van der Waals surface area contributed by atoms with Crippen LogP contribution in [0.25, 0.3) is 74.6 Å². The zero-order valence-corrected chi connectivity index (χ0v) is 28.9. The third-order valence-corrected chi connectivity index (χ3v) is 8.87. The van der Waals surface area contributed by atoms with Crippen LogP contribution in [0.3, 0.4) is 0 Å². The molecule has 51 heavy (non-hydrogen) atoms. The quantitative estimate of drug-likeness (QED) is 0.198. The molecular weight excluding hydrogens is 625 g/mol. The van der Waals surface area contributed by atoms with Crippen molar-refractivity contribution < 1.29 is 0 Å². The first-order chi connectivity index (χ1) is 24.8. The van der Waals surface area contributed by atoms with Crippen LogP contribution in [0, 0.1) is 0 Å². The van der Waals surface area contributed by atoms with Crippen LogP contribution in [0.1, 0.15) is 49.1 Å². The van der Waals surface area contributed by atoms with Gasteiger partial charge in [-0.25, -0.2) is 14.6 Å². The Hall–Kier alpha value is -6.53. The van der Waals surface area contributed by atoms with Crippen molar-refractivity contribution in [2.75, 3.05) is 0 Å². The van der Waals surface area contributed by atoms with E-state index in [1.54, 1.807) is 0 Å². The Labute approximate surface area is 297 Å². The second-order valence-electron chi connectivity index (χ2n) is 13.8. The van der Waals surface area contributed by atoms with Gasteiger partial charge in [0.2, 0.25) is 0 Å². The van der Waals surface area contributed by atoms with Crippen LogP contribution in [-0.4, -0.2) is 29.7 Å². The van der Waals surface area contributed by atoms with Crippen LogP contribution in [-0.2, 0) is 5.41 Å². The SMILES string of the molecule is C1=Cc2cc3ccc(cc4ccc(cc5nc(cc1n2)C=C5)[nH]4)[nH]3.CC(C)(C)c1ccc(-c2cc(-c3ccccc3)n(-c3ccccc3)n2)cc1. The lowest BCUT2D eigenvalue weighted by atomic mass is 9.86. The number of aromatic nitrogens is 6. The first-order valence-corrected chi connectivity index (χ1v) is 17.2. The number of fused-ring (bicyclic) bond motifs is 8. The standard InChI is InChI=1S/C25H24N2.C20H14N4/c1-25(2,3)21-16-14-19(15-17-21)23-18-24(20-10-6-4-7-11-20)27(26-23)22-12-8-5-9-13-22;1-2-14-10-16-5-6-18(23-16)12-20-8-7-19(24-20)11-17-4-3-15(22-17)9-13(1)21-14/h4-18H,1-3H3;1-12,21-22H. The fourth-order valence-electron chi connectivity index (χ4n) is 6.19. The van der Waals surface area contributed by atoms with Crippen molar-refractivity contribution in [3.8, 4) is 28.2 Å². The topological polar surface area (TPSA) is 75.2 Å². The van der Waals surface area contributed by atoms with Gasteiger partial charge in [0.25, 0.3) is 0 Å². The molecule has 0 saturated heterocycles. The summed E-state index contributed by atoms with van der Waals surface area (Å²) in [6, 6.07) is 48.1. The van der Waals surface area contributed by atoms with Gasteiger partial charge in [0.15, 0.2) is 0 Å². The molecule has 0 unspecified atom stereocenters. The summed E-state index contributed by atoms with van der Waals surface area (Å²) in [5.74, 6) is 0. The van der Waals surface area contributed by atoms with Crippen molar-refractivity contribution in [3.05, 3.63) is 168 Å². The molecule has 0 atom stereocenters. The van der Waals surface area contributed by atoms with E-state index >= 15 is 0 Å². The summed E-state index contributed by atoms with van der Waals surface area (Å²) in [6.07, 6.45) is 8.05. The second kappa shape index (κ2) is 13.4. The number of H-pyrrole nitrogens is 2. The highest BCUT2D eigenvalue weighted by Gasteiger charge is 2.16. The summed E-state index contributed by atoms with van der Waals surface area (Å²) in [5, 5.41) is 4.94. The van der Waals surface area contributed by atoms with Crippen LogP contribution in [0.4, 0.5) is 0 Å². The molecule has 0 amide bonds. The zero-order valence-electron chi connectivity index (χ0n) is 28.9. The van der Waals surface area contributed by atoms with Gasteiger partial charge in [-0.05, 0) is 102 Å². The summed E-state index contributed by atoms with van der Waals surface area (Å²) in [4.78, 5) is 16.0. The van der Waals surface area contributed by atoms with Gasteiger partial charge in [-0.3, -0.25) is 0 Å². The normalized spacial score (nSPS) is 12.1. The molecule has 0 saturated carbocycles. The van der Waals surface area contributed by atoms with E-state index < -0.39 is 0 Å². The van der Waals surface area contributed by atoms with Gasteiger partial charge >= 0.3 is 0 Å². The predicted molar refractivity (Wildman–Crippen MR) is 212 cm³/mol. The molecule has 9 rings (SSSR count). The maximum Gasteiger partial charge on any atom is 0.0934 e. The van der Waals surface area contributed by atoms with Crippen molar-refractivity contribution in [1.29, 1.82) is 0 Å². The van der Waals surface area contributed by atoms with Gasteiger partial charge in [-0.1, -0.05) is 93.6 Å². The maximum absolute atomic E-state index is 4.94. The van der Waals surface area contributed by atoms with Gasteiger partial charge in [-0.2, -0.15) is 5.10 Å². The van der Waals surface area contributed by atoms with Gasteiger partial charge in [0, 0.05) is 33.2 Å². The lowest BCUT2D eigenvalue weighted by Gasteiger charge is -2.18. The molecule has 0 aliphatic carbocycles. The number of nitrogens with zero attached hydrogens (tertiary/aromatic N) is 4. The third kappa shape index (κ3) is 7.26. The molecule has 2 N–H and O–H groups in total. The van der Waals surface area contributed by atoms with E-state index in [2.05, 4.69) is 138 Å². The molecule has 3 aromatic carbocycles. The number of hydrogen-bond donors (Lipinski definition) is 2. The molecule has 6 heteroatoms. The molecule has 2 aliphatic heterocycles. The lowest BCUT2D eigenvalue weighted by molar-refractivity contribution is 0.590. The molecular formula is C45H38N6. The molecule has 8 bridgehead atoms. The predicted octanol–water partition coefficient (Wildman–Crippen LogP) is 11.2. The summed E-state index contributed by atoms with van der Waals surface area (Å²) >= 11 is 0. The minimum absolute atomic E-state index is 0.150. The molecule has 7 aromatic rings. The van der Waals surface area contributed by atoms with E-state index in [1.807, 2.05) is 71.5 Å². The summed E-state index contributed by atoms with van der Waals surface area (Å²) in [5.41, 5.74) is 14.8. The zero-order chi connectivity index (χ0) is 34.8. The van der Waals surface area contributed by atoms with Crippen molar-refractivity contribution in [2.45, 2.75) is 26.2 Å². The summed E-state index contributed by atoms with van der Waals surface area (Å²) in [7, 11) is 0. The van der Waals surface area contributed by atoms with Crippen LogP contribution < -0.4 is 0 Å². The van der Waals surface area contributed by atoms with E-state index in [-0.39, 0.29) is 5.41 Å². The van der Waals surface area contributed by atoms with Gasteiger partial charge in [0.1, 0.15) is 0 Å². The number of rotatable bonds is 3. The Morgan fingerprint density at radius 2 is 0.961 bits per heavy atom. The lowest BCUT2D eigenvalue weighted by Crippen LogP contribution is -2.10. The monoisotopic (exact) mass is 662 g/mol. The summed E-state index contributed by atoms with van der Waals surface area (Å²) in [6.45, 7) is 6.71. The molecule has 6 nitrogen and oxygen atoms in total. The van der Waals surface area contributed by atoms with Gasteiger partial charge in [-0.15, -0.1) is 0 Å². The van der Waals surface area contributed by atoms with E-state index in [1.165, 1.54) is 5.56 Å².